The summed E-state index contributed by atoms with van der Waals surface area (Å²) < 4.78 is 41.8. The molecule has 0 atom stereocenters. The molecular weight excluding hydrogens is 537 g/mol. The van der Waals surface area contributed by atoms with Crippen molar-refractivity contribution in [2.24, 2.45) is 0 Å². The van der Waals surface area contributed by atoms with E-state index in [0.717, 1.165) is 59.8 Å². The topological polar surface area (TPSA) is 0 Å². The smallest absolute Gasteiger partial charge is 0.171 e. The third kappa shape index (κ3) is 4.23. The summed E-state index contributed by atoms with van der Waals surface area (Å²) in [5.74, 6) is 0. The van der Waals surface area contributed by atoms with Crippen molar-refractivity contribution in [1.29, 1.82) is 0 Å². The monoisotopic (exact) mass is 562 g/mol. The second kappa shape index (κ2) is 9.71. The first kappa shape index (κ1) is 25.6. The Bertz CT molecular complexity index is 2360. The average molecular weight is 563 g/mol. The quantitative estimate of drug-likeness (QED) is 0.188. The lowest BCUT2D eigenvalue weighted by atomic mass is 9.84. The molecule has 206 valence electrons. The summed E-state index contributed by atoms with van der Waals surface area (Å²) in [6.07, 6.45) is -5.32. The fraction of sp³-hybridized carbons (Fsp3) is 0.0500. The third-order valence-electron chi connectivity index (χ3n) is 8.64. The minimum absolute atomic E-state index is 0.285. The van der Waals surface area contributed by atoms with Gasteiger partial charge in [0.05, 0.1) is 6.42 Å². The molecule has 0 aliphatic carbocycles. The van der Waals surface area contributed by atoms with E-state index in [1.165, 1.54) is 10.8 Å². The fourth-order valence-corrected chi connectivity index (χ4v) is 6.84. The van der Waals surface area contributed by atoms with Crippen LogP contribution in [-0.2, 0) is 6.42 Å². The van der Waals surface area contributed by atoms with E-state index in [2.05, 4.69) is 78.9 Å². The Labute approximate surface area is 246 Å². The van der Waals surface area contributed by atoms with E-state index in [4.69, 9.17) is 0 Å². The zero-order chi connectivity index (χ0) is 29.1. The van der Waals surface area contributed by atoms with E-state index < -0.39 is 12.6 Å². The van der Waals surface area contributed by atoms with E-state index in [1.54, 1.807) is 12.1 Å². The highest BCUT2D eigenvalue weighted by molar-refractivity contribution is 6.25. The number of hydrogen-bond donors (Lipinski definition) is 0. The van der Waals surface area contributed by atoms with Gasteiger partial charge >= 0.3 is 6.18 Å². The Morgan fingerprint density at radius 3 is 1.51 bits per heavy atom. The Kier molecular flexibility index (Phi) is 5.77. The predicted molar refractivity (Wildman–Crippen MR) is 175 cm³/mol. The van der Waals surface area contributed by atoms with Crippen molar-refractivity contribution in [3.8, 4) is 22.3 Å². The zero-order valence-corrected chi connectivity index (χ0v) is 23.1. The van der Waals surface area contributed by atoms with Gasteiger partial charge in [-0.1, -0.05) is 127 Å². The van der Waals surface area contributed by atoms with Crippen molar-refractivity contribution in [2.75, 3.05) is 0 Å². The summed E-state index contributed by atoms with van der Waals surface area (Å²) in [4.78, 5) is 0. The molecule has 0 nitrogen and oxygen atoms in total. The van der Waals surface area contributed by atoms with Gasteiger partial charge in [-0.3, -0.25) is 0 Å². The lowest BCUT2D eigenvalue weighted by Crippen LogP contribution is -2.12. The van der Waals surface area contributed by atoms with Gasteiger partial charge in [-0.2, -0.15) is 13.2 Å². The summed E-state index contributed by atoms with van der Waals surface area (Å²) >= 11 is 0. The maximum Gasteiger partial charge on any atom is 0.393 e. The van der Waals surface area contributed by atoms with Gasteiger partial charge in [-0.05, 0) is 93.8 Å². The van der Waals surface area contributed by atoms with Crippen molar-refractivity contribution in [3.05, 3.63) is 145 Å². The standard InChI is InChI=1S/C40H25F3/c41-40(42,43)24-27-21-20-26-11-2-4-14-29(26)39(27)38-23-37-32-16-6-5-15-31(32)35(22-36(37)33-17-7-8-18-34(33)38)30-19-9-12-25-10-1-3-13-28(25)30/h1-23H,24H2. The molecule has 0 spiro atoms. The molecule has 0 unspecified atom stereocenters. The van der Waals surface area contributed by atoms with Crippen LogP contribution < -0.4 is 0 Å². The van der Waals surface area contributed by atoms with Crippen molar-refractivity contribution in [2.45, 2.75) is 12.6 Å². The van der Waals surface area contributed by atoms with Gasteiger partial charge in [0.1, 0.15) is 0 Å². The maximum absolute atomic E-state index is 13.9. The molecule has 8 rings (SSSR count). The van der Waals surface area contributed by atoms with Gasteiger partial charge in [-0.15, -0.1) is 0 Å². The molecule has 0 N–H and O–H groups in total. The maximum atomic E-state index is 13.9. The molecular formula is C40H25F3. The van der Waals surface area contributed by atoms with Gasteiger partial charge in [-0.25, -0.2) is 0 Å². The number of alkyl halides is 3. The van der Waals surface area contributed by atoms with Crippen LogP contribution in [0.25, 0.3) is 76.1 Å². The Morgan fingerprint density at radius 2 is 0.860 bits per heavy atom. The number of hydrogen-bond acceptors (Lipinski definition) is 0. The van der Waals surface area contributed by atoms with Crippen molar-refractivity contribution in [3.63, 3.8) is 0 Å². The van der Waals surface area contributed by atoms with Gasteiger partial charge < -0.3 is 0 Å². The summed E-state index contributed by atoms with van der Waals surface area (Å²) in [5.41, 5.74) is 4.05. The molecule has 43 heavy (non-hydrogen) atoms. The lowest BCUT2D eigenvalue weighted by Gasteiger charge is -2.20. The summed E-state index contributed by atoms with van der Waals surface area (Å²) in [7, 11) is 0. The Morgan fingerprint density at radius 1 is 0.372 bits per heavy atom. The second-order valence-electron chi connectivity index (χ2n) is 11.2. The van der Waals surface area contributed by atoms with Crippen LogP contribution >= 0.6 is 0 Å². The number of benzene rings is 8. The van der Waals surface area contributed by atoms with E-state index in [-0.39, 0.29) is 5.56 Å². The first-order valence-electron chi connectivity index (χ1n) is 14.4. The fourth-order valence-electron chi connectivity index (χ4n) is 6.84. The van der Waals surface area contributed by atoms with Gasteiger partial charge in [0.15, 0.2) is 0 Å². The Hall–Kier alpha value is -5.15. The molecule has 0 saturated heterocycles. The molecule has 0 amide bonds. The Balaban J connectivity index is 1.53. The first-order chi connectivity index (χ1) is 21.0. The van der Waals surface area contributed by atoms with Crippen molar-refractivity contribution in [1.82, 2.24) is 0 Å². The minimum atomic E-state index is -4.33. The van der Waals surface area contributed by atoms with Crippen LogP contribution in [0.2, 0.25) is 0 Å². The first-order valence-corrected chi connectivity index (χ1v) is 14.4. The molecule has 0 saturated carbocycles. The molecule has 0 aliphatic heterocycles. The van der Waals surface area contributed by atoms with Crippen molar-refractivity contribution < 1.29 is 13.2 Å². The van der Waals surface area contributed by atoms with Gasteiger partial charge in [0.25, 0.3) is 0 Å². The molecule has 0 bridgehead atoms. The highest BCUT2D eigenvalue weighted by Gasteiger charge is 2.30. The van der Waals surface area contributed by atoms with Gasteiger partial charge in [0, 0.05) is 0 Å². The van der Waals surface area contributed by atoms with Crippen LogP contribution in [0.3, 0.4) is 0 Å². The lowest BCUT2D eigenvalue weighted by molar-refractivity contribution is -0.127. The van der Waals surface area contributed by atoms with Gasteiger partial charge in [0.2, 0.25) is 0 Å². The molecule has 0 aromatic heterocycles. The third-order valence-corrected chi connectivity index (χ3v) is 8.64. The molecule has 0 radical (unpaired) electrons. The summed E-state index contributed by atoms with van der Waals surface area (Å²) in [5, 5.41) is 10.4. The molecule has 0 fully saturated rings. The van der Waals surface area contributed by atoms with E-state index in [9.17, 15) is 13.2 Å². The second-order valence-corrected chi connectivity index (χ2v) is 11.2. The molecule has 0 aliphatic rings. The van der Waals surface area contributed by atoms with E-state index in [1.807, 2.05) is 48.5 Å². The van der Waals surface area contributed by atoms with Crippen LogP contribution in [-0.4, -0.2) is 6.18 Å². The van der Waals surface area contributed by atoms with Crippen LogP contribution in [0.15, 0.2) is 140 Å². The SMILES string of the molecule is FC(F)(F)Cc1ccc2ccccc2c1-c1cc2c3ccccc3c(-c3cccc4ccccc34)cc2c2ccccc12. The number of halogens is 3. The number of rotatable bonds is 3. The van der Waals surface area contributed by atoms with Crippen LogP contribution in [0.4, 0.5) is 13.2 Å². The summed E-state index contributed by atoms with van der Waals surface area (Å²) in [6.45, 7) is 0. The predicted octanol–water partition coefficient (Wildman–Crippen LogP) is 11.9. The highest BCUT2D eigenvalue weighted by Crippen LogP contribution is 2.45. The number of fused-ring (bicyclic) bond motifs is 7. The molecule has 8 aromatic rings. The zero-order valence-electron chi connectivity index (χ0n) is 23.1. The van der Waals surface area contributed by atoms with E-state index in [0.29, 0.717) is 5.56 Å². The largest absolute Gasteiger partial charge is 0.393 e. The highest BCUT2D eigenvalue weighted by atomic mass is 19.4. The normalized spacial score (nSPS) is 12.2. The van der Waals surface area contributed by atoms with Crippen LogP contribution in [0.5, 0.6) is 0 Å². The van der Waals surface area contributed by atoms with Crippen molar-refractivity contribution >= 4 is 53.9 Å². The van der Waals surface area contributed by atoms with Crippen LogP contribution in [0, 0.1) is 0 Å². The molecule has 3 heteroatoms. The molecule has 0 heterocycles. The molecule has 8 aromatic carbocycles. The minimum Gasteiger partial charge on any atom is -0.171 e. The van der Waals surface area contributed by atoms with Crippen LogP contribution in [0.1, 0.15) is 5.56 Å². The average Bonchev–Trinajstić information content (AvgIpc) is 3.03. The summed E-state index contributed by atoms with van der Waals surface area (Å²) in [6, 6.07) is 46.9. The van der Waals surface area contributed by atoms with E-state index >= 15 is 0 Å².